The molecule has 0 saturated heterocycles. The third-order valence-electron chi connectivity index (χ3n) is 4.28. The Morgan fingerprint density at radius 1 is 1.04 bits per heavy atom. The van der Waals surface area contributed by atoms with Gasteiger partial charge < -0.3 is 0 Å². The average Bonchev–Trinajstić information content (AvgIpc) is 2.96. The van der Waals surface area contributed by atoms with Crippen LogP contribution >= 0.6 is 15.9 Å². The highest BCUT2D eigenvalue weighted by atomic mass is 79.9. The molecule has 136 valence electrons. The normalized spacial score (nSPS) is 11.8. The molecule has 0 saturated carbocycles. The molecule has 2 aromatic carbocycles. The van der Waals surface area contributed by atoms with Gasteiger partial charge in [0.15, 0.2) is 5.65 Å². The summed E-state index contributed by atoms with van der Waals surface area (Å²) in [6, 6.07) is 17.0. The van der Waals surface area contributed by atoms with E-state index in [2.05, 4.69) is 20.9 Å². The highest BCUT2D eigenvalue weighted by molar-refractivity contribution is 9.10. The number of rotatable bonds is 3. The second-order valence-corrected chi connectivity index (χ2v) is 8.72. The van der Waals surface area contributed by atoms with Gasteiger partial charge in [0.25, 0.3) is 10.0 Å². The number of benzene rings is 2. The Morgan fingerprint density at radius 3 is 2.37 bits per heavy atom. The molecule has 2 aromatic heterocycles. The molecule has 0 unspecified atom stereocenters. The molecule has 4 nitrogen and oxygen atoms in total. The Balaban J connectivity index is 2.12. The van der Waals surface area contributed by atoms with Gasteiger partial charge in [0.2, 0.25) is 0 Å². The van der Waals surface area contributed by atoms with E-state index in [4.69, 9.17) is 0 Å². The summed E-state index contributed by atoms with van der Waals surface area (Å²) in [6.45, 7) is 1.89. The number of fused-ring (bicyclic) bond motifs is 1. The molecule has 27 heavy (non-hydrogen) atoms. The van der Waals surface area contributed by atoms with Gasteiger partial charge >= 0.3 is 0 Å². The molecule has 4 aromatic rings. The van der Waals surface area contributed by atoms with Crippen LogP contribution in [0.2, 0.25) is 0 Å². The molecule has 2 heterocycles. The molecule has 4 rings (SSSR count). The second kappa shape index (κ2) is 6.58. The van der Waals surface area contributed by atoms with Gasteiger partial charge in [-0.15, -0.1) is 0 Å². The highest BCUT2D eigenvalue weighted by Crippen LogP contribution is 2.39. The first-order valence-corrected chi connectivity index (χ1v) is 10.4. The summed E-state index contributed by atoms with van der Waals surface area (Å²) in [6.07, 6.45) is 1.02. The van der Waals surface area contributed by atoms with Crippen molar-refractivity contribution in [1.29, 1.82) is 0 Å². The van der Waals surface area contributed by atoms with Crippen LogP contribution in [-0.4, -0.2) is 17.4 Å². The smallest absolute Gasteiger partial charge is 0.234 e. The van der Waals surface area contributed by atoms with Crippen LogP contribution in [0.5, 0.6) is 0 Å². The lowest BCUT2D eigenvalue weighted by Gasteiger charge is -2.12. The summed E-state index contributed by atoms with van der Waals surface area (Å²) < 4.78 is 42.4. The van der Waals surface area contributed by atoms with Crippen LogP contribution in [0.3, 0.4) is 0 Å². The van der Waals surface area contributed by atoms with E-state index in [9.17, 15) is 12.8 Å². The van der Waals surface area contributed by atoms with Crippen molar-refractivity contribution in [3.05, 3.63) is 82.7 Å². The third-order valence-corrected chi connectivity index (χ3v) is 6.79. The number of pyridine rings is 1. The van der Waals surface area contributed by atoms with E-state index in [0.29, 0.717) is 21.1 Å². The number of halogens is 2. The largest absolute Gasteiger partial charge is 0.269 e. The minimum Gasteiger partial charge on any atom is -0.234 e. The van der Waals surface area contributed by atoms with Crippen molar-refractivity contribution in [3.63, 3.8) is 0 Å². The van der Waals surface area contributed by atoms with Crippen molar-refractivity contribution in [2.75, 3.05) is 0 Å². The fourth-order valence-electron chi connectivity index (χ4n) is 2.97. The van der Waals surface area contributed by atoms with Crippen LogP contribution in [0, 0.1) is 12.7 Å². The van der Waals surface area contributed by atoms with Crippen LogP contribution in [0.1, 0.15) is 5.56 Å². The van der Waals surface area contributed by atoms with E-state index in [-0.39, 0.29) is 10.5 Å². The van der Waals surface area contributed by atoms with Gasteiger partial charge in [0, 0.05) is 10.9 Å². The van der Waals surface area contributed by atoms with Gasteiger partial charge in [-0.25, -0.2) is 21.8 Å². The zero-order chi connectivity index (χ0) is 19.2. The molecular weight excluding hydrogens is 431 g/mol. The van der Waals surface area contributed by atoms with Crippen LogP contribution in [-0.2, 0) is 10.0 Å². The lowest BCUT2D eigenvalue weighted by Crippen LogP contribution is -2.15. The first-order valence-electron chi connectivity index (χ1n) is 8.13. The summed E-state index contributed by atoms with van der Waals surface area (Å²) in [5.74, 6) is -0.535. The molecule has 0 N–H and O–H groups in total. The predicted octanol–water partition coefficient (Wildman–Crippen LogP) is 5.15. The summed E-state index contributed by atoms with van der Waals surface area (Å²) in [4.78, 5) is 4.22. The Bertz CT molecular complexity index is 1250. The van der Waals surface area contributed by atoms with E-state index >= 15 is 0 Å². The molecule has 0 aliphatic rings. The van der Waals surface area contributed by atoms with Crippen molar-refractivity contribution < 1.29 is 12.8 Å². The fourth-order valence-corrected chi connectivity index (χ4v) is 5.28. The minimum absolute atomic E-state index is 0.140. The Labute approximate surface area is 164 Å². The molecule has 0 amide bonds. The number of aromatic nitrogens is 2. The summed E-state index contributed by atoms with van der Waals surface area (Å²) >= 11 is 3.46. The van der Waals surface area contributed by atoms with Crippen LogP contribution < -0.4 is 0 Å². The number of nitrogens with zero attached hydrogens (tertiary/aromatic N) is 2. The summed E-state index contributed by atoms with van der Waals surface area (Å²) in [5.41, 5.74) is 2.21. The van der Waals surface area contributed by atoms with Gasteiger partial charge in [0.1, 0.15) is 5.82 Å². The molecule has 0 bridgehead atoms. The Morgan fingerprint density at radius 2 is 1.70 bits per heavy atom. The van der Waals surface area contributed by atoms with Gasteiger partial charge in [-0.1, -0.05) is 48.0 Å². The number of hydrogen-bond donors (Lipinski definition) is 0. The third kappa shape index (κ3) is 2.96. The van der Waals surface area contributed by atoms with Crippen molar-refractivity contribution in [3.8, 4) is 11.3 Å². The quantitative estimate of drug-likeness (QED) is 0.438. The maximum atomic E-state index is 13.8. The molecule has 0 spiro atoms. The van der Waals surface area contributed by atoms with Crippen LogP contribution in [0.25, 0.3) is 22.3 Å². The summed E-state index contributed by atoms with van der Waals surface area (Å²) in [5, 5.41) is 0.393. The molecule has 0 aliphatic carbocycles. The standard InChI is InChI=1S/C20H14BrFN2O2S/c1-13-7-9-16(10-8-13)27(25,26)24-19(14-5-3-2-4-6-14)18(21)17-11-15(22)12-23-20(17)24/h2-12H,1H3. The molecule has 0 radical (unpaired) electrons. The maximum Gasteiger partial charge on any atom is 0.269 e. The van der Waals surface area contributed by atoms with E-state index in [0.717, 1.165) is 11.8 Å². The van der Waals surface area contributed by atoms with Crippen molar-refractivity contribution >= 4 is 37.0 Å². The molecule has 7 heteroatoms. The SMILES string of the molecule is Cc1ccc(S(=O)(=O)n2c(-c3ccccc3)c(Br)c3cc(F)cnc32)cc1. The second-order valence-electron chi connectivity index (χ2n) is 6.14. The van der Waals surface area contributed by atoms with E-state index in [1.165, 1.54) is 10.0 Å². The van der Waals surface area contributed by atoms with E-state index in [1.54, 1.807) is 36.4 Å². The van der Waals surface area contributed by atoms with Gasteiger partial charge in [-0.3, -0.25) is 0 Å². The molecule has 0 fully saturated rings. The lowest BCUT2D eigenvalue weighted by atomic mass is 10.1. The van der Waals surface area contributed by atoms with Gasteiger partial charge in [-0.2, -0.15) is 0 Å². The highest BCUT2D eigenvalue weighted by Gasteiger charge is 2.28. The number of aryl methyl sites for hydroxylation is 1. The Kier molecular flexibility index (Phi) is 4.36. The first kappa shape index (κ1) is 17.9. The fraction of sp³-hybridized carbons (Fsp3) is 0.0500. The van der Waals surface area contributed by atoms with Gasteiger partial charge in [0.05, 0.1) is 21.3 Å². The lowest BCUT2D eigenvalue weighted by molar-refractivity contribution is 0.589. The van der Waals surface area contributed by atoms with E-state index < -0.39 is 15.8 Å². The first-order chi connectivity index (χ1) is 12.9. The molecule has 0 aliphatic heterocycles. The maximum absolute atomic E-state index is 13.8. The molecular formula is C20H14BrFN2O2S. The Hall–Kier alpha value is -2.51. The van der Waals surface area contributed by atoms with Crippen molar-refractivity contribution in [2.24, 2.45) is 0 Å². The van der Waals surface area contributed by atoms with Gasteiger partial charge in [-0.05, 0) is 41.1 Å². The van der Waals surface area contributed by atoms with Crippen molar-refractivity contribution in [2.45, 2.75) is 11.8 Å². The zero-order valence-corrected chi connectivity index (χ0v) is 16.6. The van der Waals surface area contributed by atoms with E-state index in [1.807, 2.05) is 25.1 Å². The summed E-state index contributed by atoms with van der Waals surface area (Å²) in [7, 11) is -3.95. The molecule has 0 atom stereocenters. The predicted molar refractivity (Wildman–Crippen MR) is 107 cm³/mol. The zero-order valence-electron chi connectivity index (χ0n) is 14.2. The van der Waals surface area contributed by atoms with Crippen molar-refractivity contribution in [1.82, 2.24) is 8.96 Å². The average molecular weight is 445 g/mol. The number of hydrogen-bond acceptors (Lipinski definition) is 3. The topological polar surface area (TPSA) is 52.0 Å². The monoisotopic (exact) mass is 444 g/mol. The van der Waals surface area contributed by atoms with Crippen LogP contribution in [0.4, 0.5) is 4.39 Å². The minimum atomic E-state index is -3.95. The van der Waals surface area contributed by atoms with Crippen LogP contribution in [0.15, 0.2) is 76.2 Å².